The van der Waals surface area contributed by atoms with E-state index in [1.807, 2.05) is 42.5 Å². The maximum Gasteiger partial charge on any atom is 0.251 e. The fourth-order valence-electron chi connectivity index (χ4n) is 3.64. The number of rotatable bonds is 8. The highest BCUT2D eigenvalue weighted by Gasteiger charge is 2.26. The van der Waals surface area contributed by atoms with Gasteiger partial charge in [-0.1, -0.05) is 30.3 Å². The molecule has 0 radical (unpaired) electrons. The molecule has 144 valence electrons. The standard InChI is InChI=1S/C22H28N2O3/c1-26-16-17-9-11-18(12-10-17)22(25)23-15-20(24-13-5-6-14-24)19-7-3-4-8-21(19)27-2/h3-4,7-12,20H,5-6,13-16H2,1-2H3,(H,23,25). The lowest BCUT2D eigenvalue weighted by molar-refractivity contribution is 0.0937. The Morgan fingerprint density at radius 2 is 1.78 bits per heavy atom. The highest BCUT2D eigenvalue weighted by molar-refractivity contribution is 5.94. The van der Waals surface area contributed by atoms with Gasteiger partial charge in [0.1, 0.15) is 5.75 Å². The lowest BCUT2D eigenvalue weighted by Gasteiger charge is -2.29. The van der Waals surface area contributed by atoms with Gasteiger partial charge in [-0.05, 0) is 49.7 Å². The smallest absolute Gasteiger partial charge is 0.251 e. The van der Waals surface area contributed by atoms with Crippen molar-refractivity contribution >= 4 is 5.91 Å². The second kappa shape index (κ2) is 9.53. The number of nitrogens with one attached hydrogen (secondary N) is 1. The van der Waals surface area contributed by atoms with E-state index in [4.69, 9.17) is 9.47 Å². The summed E-state index contributed by atoms with van der Waals surface area (Å²) >= 11 is 0. The number of para-hydroxylation sites is 1. The lowest BCUT2D eigenvalue weighted by atomic mass is 10.0. The maximum absolute atomic E-state index is 12.6. The molecule has 5 heteroatoms. The first-order valence-electron chi connectivity index (χ1n) is 9.46. The summed E-state index contributed by atoms with van der Waals surface area (Å²) in [5.41, 5.74) is 2.84. The summed E-state index contributed by atoms with van der Waals surface area (Å²) in [5.74, 6) is 0.811. The van der Waals surface area contributed by atoms with E-state index in [0.717, 1.165) is 30.0 Å². The minimum absolute atomic E-state index is 0.0574. The zero-order valence-corrected chi connectivity index (χ0v) is 16.1. The Hall–Kier alpha value is -2.37. The summed E-state index contributed by atoms with van der Waals surface area (Å²) in [6, 6.07) is 15.7. The van der Waals surface area contributed by atoms with E-state index in [1.54, 1.807) is 14.2 Å². The Labute approximate surface area is 161 Å². The van der Waals surface area contributed by atoms with Gasteiger partial charge in [0.05, 0.1) is 19.8 Å². The first kappa shape index (κ1) is 19.4. The molecule has 0 spiro atoms. The van der Waals surface area contributed by atoms with Crippen LogP contribution in [0, 0.1) is 0 Å². The summed E-state index contributed by atoms with van der Waals surface area (Å²) in [6.07, 6.45) is 2.39. The molecule has 0 saturated carbocycles. The molecule has 2 aromatic carbocycles. The molecule has 1 amide bonds. The molecule has 1 aliphatic heterocycles. The lowest BCUT2D eigenvalue weighted by Crippen LogP contribution is -2.37. The van der Waals surface area contributed by atoms with Crippen LogP contribution in [0.25, 0.3) is 0 Å². The van der Waals surface area contributed by atoms with Crippen LogP contribution >= 0.6 is 0 Å². The zero-order chi connectivity index (χ0) is 19.1. The van der Waals surface area contributed by atoms with Crippen molar-refractivity contribution < 1.29 is 14.3 Å². The molecule has 1 heterocycles. The number of carbonyl (C=O) groups excluding carboxylic acids is 1. The van der Waals surface area contributed by atoms with Gasteiger partial charge in [0, 0.05) is 24.8 Å². The molecule has 1 N–H and O–H groups in total. The second-order valence-electron chi connectivity index (χ2n) is 6.84. The van der Waals surface area contributed by atoms with E-state index in [1.165, 1.54) is 12.8 Å². The number of amides is 1. The minimum Gasteiger partial charge on any atom is -0.496 e. The third-order valence-corrected chi connectivity index (χ3v) is 5.06. The van der Waals surface area contributed by atoms with E-state index in [2.05, 4.69) is 16.3 Å². The quantitative estimate of drug-likeness (QED) is 0.776. The van der Waals surface area contributed by atoms with Crippen LogP contribution in [0.1, 0.15) is 40.4 Å². The van der Waals surface area contributed by atoms with Crippen LogP contribution in [-0.4, -0.2) is 44.7 Å². The predicted molar refractivity (Wildman–Crippen MR) is 106 cm³/mol. The molecule has 1 fully saturated rings. The van der Waals surface area contributed by atoms with Crippen LogP contribution in [-0.2, 0) is 11.3 Å². The van der Waals surface area contributed by atoms with Gasteiger partial charge in [-0.25, -0.2) is 0 Å². The largest absolute Gasteiger partial charge is 0.496 e. The fraction of sp³-hybridized carbons (Fsp3) is 0.409. The molecular weight excluding hydrogens is 340 g/mol. The first-order chi connectivity index (χ1) is 13.2. The van der Waals surface area contributed by atoms with Gasteiger partial charge in [0.15, 0.2) is 0 Å². The van der Waals surface area contributed by atoms with E-state index in [-0.39, 0.29) is 11.9 Å². The monoisotopic (exact) mass is 368 g/mol. The normalized spacial score (nSPS) is 15.5. The molecular formula is C22H28N2O3. The van der Waals surface area contributed by atoms with Crippen molar-refractivity contribution in [1.29, 1.82) is 0 Å². The van der Waals surface area contributed by atoms with Crippen molar-refractivity contribution in [1.82, 2.24) is 10.2 Å². The highest BCUT2D eigenvalue weighted by atomic mass is 16.5. The Morgan fingerprint density at radius 1 is 1.07 bits per heavy atom. The van der Waals surface area contributed by atoms with Crippen molar-refractivity contribution in [2.75, 3.05) is 33.9 Å². The van der Waals surface area contributed by atoms with E-state index in [9.17, 15) is 4.79 Å². The molecule has 0 aromatic heterocycles. The number of hydrogen-bond acceptors (Lipinski definition) is 4. The van der Waals surface area contributed by atoms with Gasteiger partial charge in [-0.3, -0.25) is 9.69 Å². The van der Waals surface area contributed by atoms with Crippen molar-refractivity contribution in [3.63, 3.8) is 0 Å². The molecule has 27 heavy (non-hydrogen) atoms. The summed E-state index contributed by atoms with van der Waals surface area (Å²) < 4.78 is 10.7. The third kappa shape index (κ3) is 4.87. The second-order valence-corrected chi connectivity index (χ2v) is 6.84. The van der Waals surface area contributed by atoms with Gasteiger partial charge in [0.25, 0.3) is 5.91 Å². The first-order valence-corrected chi connectivity index (χ1v) is 9.46. The van der Waals surface area contributed by atoms with Crippen LogP contribution < -0.4 is 10.1 Å². The Bertz CT molecular complexity index is 739. The average Bonchev–Trinajstić information content (AvgIpc) is 3.24. The molecule has 1 atom stereocenters. The molecule has 2 aromatic rings. The fourth-order valence-corrected chi connectivity index (χ4v) is 3.64. The number of benzene rings is 2. The predicted octanol–water partition coefficient (Wildman–Crippen LogP) is 3.41. The number of carbonyl (C=O) groups is 1. The van der Waals surface area contributed by atoms with Crippen molar-refractivity contribution in [2.24, 2.45) is 0 Å². The van der Waals surface area contributed by atoms with Crippen LogP contribution in [0.2, 0.25) is 0 Å². The molecule has 5 nitrogen and oxygen atoms in total. The van der Waals surface area contributed by atoms with Gasteiger partial charge in [0.2, 0.25) is 0 Å². The Morgan fingerprint density at radius 3 is 2.44 bits per heavy atom. The maximum atomic E-state index is 12.6. The summed E-state index contributed by atoms with van der Waals surface area (Å²) in [5, 5.41) is 3.11. The molecule has 3 rings (SSSR count). The third-order valence-electron chi connectivity index (χ3n) is 5.06. The average molecular weight is 368 g/mol. The van der Waals surface area contributed by atoms with Crippen molar-refractivity contribution in [3.05, 3.63) is 65.2 Å². The van der Waals surface area contributed by atoms with Crippen molar-refractivity contribution in [2.45, 2.75) is 25.5 Å². The Kier molecular flexibility index (Phi) is 6.85. The van der Waals surface area contributed by atoms with E-state index < -0.39 is 0 Å². The Balaban J connectivity index is 1.71. The van der Waals surface area contributed by atoms with Gasteiger partial charge >= 0.3 is 0 Å². The topological polar surface area (TPSA) is 50.8 Å². The number of hydrogen-bond donors (Lipinski definition) is 1. The van der Waals surface area contributed by atoms with Gasteiger partial charge < -0.3 is 14.8 Å². The summed E-state index contributed by atoms with van der Waals surface area (Å²) in [4.78, 5) is 15.1. The van der Waals surface area contributed by atoms with E-state index in [0.29, 0.717) is 18.7 Å². The summed E-state index contributed by atoms with van der Waals surface area (Å²) in [6.45, 7) is 3.19. The molecule has 0 aliphatic carbocycles. The zero-order valence-electron chi connectivity index (χ0n) is 16.1. The molecule has 0 bridgehead atoms. The number of likely N-dealkylation sites (tertiary alicyclic amines) is 1. The molecule has 1 saturated heterocycles. The SMILES string of the molecule is COCc1ccc(C(=O)NCC(c2ccccc2OC)N2CCCC2)cc1. The molecule has 1 unspecified atom stereocenters. The van der Waals surface area contributed by atoms with Gasteiger partial charge in [-0.2, -0.15) is 0 Å². The number of methoxy groups -OCH3 is 2. The van der Waals surface area contributed by atoms with Gasteiger partial charge in [-0.15, -0.1) is 0 Å². The summed E-state index contributed by atoms with van der Waals surface area (Å²) in [7, 11) is 3.36. The minimum atomic E-state index is -0.0574. The number of nitrogens with zero attached hydrogens (tertiary/aromatic N) is 1. The van der Waals surface area contributed by atoms with Crippen LogP contribution in [0.4, 0.5) is 0 Å². The van der Waals surface area contributed by atoms with E-state index >= 15 is 0 Å². The highest BCUT2D eigenvalue weighted by Crippen LogP contribution is 2.31. The van der Waals surface area contributed by atoms with Crippen LogP contribution in [0.3, 0.4) is 0 Å². The number of ether oxygens (including phenoxy) is 2. The van der Waals surface area contributed by atoms with Crippen LogP contribution in [0.5, 0.6) is 5.75 Å². The van der Waals surface area contributed by atoms with Crippen LogP contribution in [0.15, 0.2) is 48.5 Å². The molecule has 1 aliphatic rings. The van der Waals surface area contributed by atoms with Crippen molar-refractivity contribution in [3.8, 4) is 5.75 Å².